The molecule has 1 N–H and O–H groups in total. The van der Waals surface area contributed by atoms with E-state index in [1.807, 2.05) is 6.07 Å². The zero-order chi connectivity index (χ0) is 10.7. The molecule has 0 aromatic heterocycles. The molecule has 0 aliphatic rings. The fourth-order valence-corrected chi connectivity index (χ4v) is 2.27. The first-order valence-corrected chi connectivity index (χ1v) is 5.41. The molecule has 0 aliphatic carbocycles. The molecule has 78 valence electrons. The van der Waals surface area contributed by atoms with Gasteiger partial charge in [-0.3, -0.25) is 0 Å². The summed E-state index contributed by atoms with van der Waals surface area (Å²) in [6, 6.07) is 3.67. The number of hydrogen-bond donors (Lipinski definition) is 1. The van der Waals surface area contributed by atoms with Crippen molar-refractivity contribution in [3.05, 3.63) is 27.2 Å². The van der Waals surface area contributed by atoms with Crippen molar-refractivity contribution in [2.24, 2.45) is 0 Å². The maximum Gasteiger partial charge on any atom is 0.140 e. The Morgan fingerprint density at radius 1 is 1.57 bits per heavy atom. The Morgan fingerprint density at radius 2 is 2.21 bits per heavy atom. The van der Waals surface area contributed by atoms with E-state index in [4.69, 9.17) is 16.3 Å². The third kappa shape index (κ3) is 2.87. The van der Waals surface area contributed by atoms with Crippen LogP contribution in [0, 0.1) is 0 Å². The number of aliphatic hydroxyl groups excluding tert-OH is 1. The smallest absolute Gasteiger partial charge is 0.140 e. The molecule has 0 aliphatic heterocycles. The van der Waals surface area contributed by atoms with Crippen LogP contribution in [0.4, 0.5) is 0 Å². The topological polar surface area (TPSA) is 29.5 Å². The highest BCUT2D eigenvalue weighted by Crippen LogP contribution is 2.32. The predicted octanol–water partition coefficient (Wildman–Crippen LogP) is 3.03. The van der Waals surface area contributed by atoms with Crippen molar-refractivity contribution in [3.63, 3.8) is 0 Å². The summed E-state index contributed by atoms with van der Waals surface area (Å²) in [7, 11) is 1.57. The van der Waals surface area contributed by atoms with Crippen LogP contribution in [-0.4, -0.2) is 18.3 Å². The molecule has 1 unspecified atom stereocenters. The number of ether oxygens (including phenoxy) is 1. The van der Waals surface area contributed by atoms with Gasteiger partial charge in [-0.1, -0.05) is 27.5 Å². The van der Waals surface area contributed by atoms with Crippen LogP contribution in [0.25, 0.3) is 0 Å². The van der Waals surface area contributed by atoms with E-state index in [9.17, 15) is 5.11 Å². The number of hydrogen-bond acceptors (Lipinski definition) is 2. The first-order chi connectivity index (χ1) is 6.54. The zero-order valence-corrected chi connectivity index (χ0v) is 10.4. The molecule has 1 aromatic rings. The molecule has 0 saturated heterocycles. The van der Waals surface area contributed by atoms with E-state index >= 15 is 0 Å². The Kier molecular flexibility index (Phi) is 4.23. The van der Waals surface area contributed by atoms with E-state index in [2.05, 4.69) is 15.9 Å². The SMILES string of the molecule is COc1c(Cl)cc(Br)cc1CC(C)O. The van der Waals surface area contributed by atoms with E-state index < -0.39 is 6.10 Å². The average molecular weight is 280 g/mol. The van der Waals surface area contributed by atoms with Gasteiger partial charge in [0, 0.05) is 10.9 Å². The van der Waals surface area contributed by atoms with Crippen molar-refractivity contribution in [1.82, 2.24) is 0 Å². The molecule has 1 rings (SSSR count). The summed E-state index contributed by atoms with van der Waals surface area (Å²) >= 11 is 9.33. The molecule has 0 heterocycles. The molecule has 0 fully saturated rings. The van der Waals surface area contributed by atoms with Crippen LogP contribution in [-0.2, 0) is 6.42 Å². The van der Waals surface area contributed by atoms with Crippen molar-refractivity contribution in [2.75, 3.05) is 7.11 Å². The van der Waals surface area contributed by atoms with Gasteiger partial charge in [-0.25, -0.2) is 0 Å². The second-order valence-corrected chi connectivity index (χ2v) is 4.46. The third-order valence-electron chi connectivity index (χ3n) is 1.80. The normalized spacial score (nSPS) is 12.6. The van der Waals surface area contributed by atoms with Gasteiger partial charge in [0.25, 0.3) is 0 Å². The summed E-state index contributed by atoms with van der Waals surface area (Å²) in [5, 5.41) is 9.85. The third-order valence-corrected chi connectivity index (χ3v) is 2.54. The summed E-state index contributed by atoms with van der Waals surface area (Å²) in [5.74, 6) is 0.635. The maximum absolute atomic E-state index is 9.29. The molecule has 14 heavy (non-hydrogen) atoms. The highest BCUT2D eigenvalue weighted by molar-refractivity contribution is 9.10. The van der Waals surface area contributed by atoms with Gasteiger partial charge in [0.2, 0.25) is 0 Å². The molecule has 0 saturated carbocycles. The summed E-state index contributed by atoms with van der Waals surface area (Å²) in [4.78, 5) is 0. The van der Waals surface area contributed by atoms with Gasteiger partial charge in [-0.15, -0.1) is 0 Å². The van der Waals surface area contributed by atoms with Gasteiger partial charge < -0.3 is 9.84 Å². The number of methoxy groups -OCH3 is 1. The van der Waals surface area contributed by atoms with Crippen molar-refractivity contribution in [1.29, 1.82) is 0 Å². The van der Waals surface area contributed by atoms with Crippen LogP contribution < -0.4 is 4.74 Å². The largest absolute Gasteiger partial charge is 0.495 e. The van der Waals surface area contributed by atoms with Gasteiger partial charge >= 0.3 is 0 Å². The minimum Gasteiger partial charge on any atom is -0.495 e. The van der Waals surface area contributed by atoms with Crippen molar-refractivity contribution >= 4 is 27.5 Å². The minimum absolute atomic E-state index is 0.408. The van der Waals surface area contributed by atoms with Crippen LogP contribution in [0.5, 0.6) is 5.75 Å². The number of rotatable bonds is 3. The Hall–Kier alpha value is -0.250. The molecular formula is C10H12BrClO2. The van der Waals surface area contributed by atoms with Gasteiger partial charge in [0.15, 0.2) is 0 Å². The summed E-state index contributed by atoms with van der Waals surface area (Å²) in [6.45, 7) is 1.73. The lowest BCUT2D eigenvalue weighted by Gasteiger charge is -2.12. The molecule has 0 bridgehead atoms. The Labute approximate surface area is 97.0 Å². The van der Waals surface area contributed by atoms with E-state index in [0.29, 0.717) is 17.2 Å². The van der Waals surface area contributed by atoms with E-state index in [1.165, 1.54) is 0 Å². The molecule has 0 amide bonds. The Morgan fingerprint density at radius 3 is 2.71 bits per heavy atom. The standard InChI is InChI=1S/C10H12BrClO2/c1-6(13)3-7-4-8(11)5-9(12)10(7)14-2/h4-6,13H,3H2,1-2H3. The van der Waals surface area contributed by atoms with E-state index in [-0.39, 0.29) is 0 Å². The maximum atomic E-state index is 9.29. The lowest BCUT2D eigenvalue weighted by Crippen LogP contribution is -2.06. The molecule has 0 radical (unpaired) electrons. The fourth-order valence-electron chi connectivity index (χ4n) is 1.31. The van der Waals surface area contributed by atoms with Crippen LogP contribution in [0.2, 0.25) is 5.02 Å². The second kappa shape index (κ2) is 5.01. The van der Waals surface area contributed by atoms with Crippen molar-refractivity contribution < 1.29 is 9.84 Å². The number of benzene rings is 1. The highest BCUT2D eigenvalue weighted by Gasteiger charge is 2.11. The molecular weight excluding hydrogens is 267 g/mol. The number of aliphatic hydroxyl groups is 1. The predicted molar refractivity (Wildman–Crippen MR) is 61.1 cm³/mol. The van der Waals surface area contributed by atoms with Crippen LogP contribution >= 0.6 is 27.5 Å². The molecule has 4 heteroatoms. The van der Waals surface area contributed by atoms with Crippen LogP contribution in [0.1, 0.15) is 12.5 Å². The van der Waals surface area contributed by atoms with Gasteiger partial charge in [0.1, 0.15) is 5.75 Å². The van der Waals surface area contributed by atoms with E-state index in [1.54, 1.807) is 20.1 Å². The van der Waals surface area contributed by atoms with Crippen LogP contribution in [0.15, 0.2) is 16.6 Å². The lowest BCUT2D eigenvalue weighted by atomic mass is 10.1. The minimum atomic E-state index is -0.408. The quantitative estimate of drug-likeness (QED) is 0.921. The average Bonchev–Trinajstić information content (AvgIpc) is 2.01. The first-order valence-electron chi connectivity index (χ1n) is 4.24. The summed E-state index contributed by atoms with van der Waals surface area (Å²) < 4.78 is 6.06. The Bertz CT molecular complexity index is 326. The first kappa shape index (κ1) is 11.8. The highest BCUT2D eigenvalue weighted by atomic mass is 79.9. The molecule has 1 atom stereocenters. The summed E-state index contributed by atoms with van der Waals surface area (Å²) in [5.41, 5.74) is 0.905. The van der Waals surface area contributed by atoms with Crippen molar-refractivity contribution in [2.45, 2.75) is 19.4 Å². The molecule has 0 spiro atoms. The summed E-state index contributed by atoms with van der Waals surface area (Å²) in [6.07, 6.45) is 0.122. The van der Waals surface area contributed by atoms with Gasteiger partial charge in [0.05, 0.1) is 18.2 Å². The molecule has 1 aromatic carbocycles. The second-order valence-electron chi connectivity index (χ2n) is 3.13. The van der Waals surface area contributed by atoms with Crippen molar-refractivity contribution in [3.8, 4) is 5.75 Å². The lowest BCUT2D eigenvalue weighted by molar-refractivity contribution is 0.194. The van der Waals surface area contributed by atoms with Gasteiger partial charge in [-0.2, -0.15) is 0 Å². The monoisotopic (exact) mass is 278 g/mol. The fraction of sp³-hybridized carbons (Fsp3) is 0.400. The zero-order valence-electron chi connectivity index (χ0n) is 8.05. The number of halogens is 2. The van der Waals surface area contributed by atoms with Crippen LogP contribution in [0.3, 0.4) is 0 Å². The molecule has 2 nitrogen and oxygen atoms in total. The van der Waals surface area contributed by atoms with Gasteiger partial charge in [-0.05, 0) is 24.6 Å². The Balaban J connectivity index is 3.11. The van der Waals surface area contributed by atoms with E-state index in [0.717, 1.165) is 10.0 Å².